The van der Waals surface area contributed by atoms with E-state index in [1.54, 1.807) is 0 Å². The third-order valence-electron chi connectivity index (χ3n) is 12.7. The van der Waals surface area contributed by atoms with Crippen LogP contribution in [0.25, 0.3) is 0 Å². The van der Waals surface area contributed by atoms with E-state index in [4.69, 9.17) is 0 Å². The van der Waals surface area contributed by atoms with Gasteiger partial charge in [0.1, 0.15) is 0 Å². The van der Waals surface area contributed by atoms with Gasteiger partial charge in [-0.05, 0) is 25.7 Å². The number of aliphatic hydroxyl groups excluding tert-OH is 2. The molecule has 0 aliphatic carbocycles. The van der Waals surface area contributed by atoms with Crippen LogP contribution in [0.1, 0.15) is 291 Å². The largest absolute Gasteiger partial charge is 0.395 e. The lowest BCUT2D eigenvalue weighted by atomic mass is 9.97. The van der Waals surface area contributed by atoms with Crippen LogP contribution in [0, 0.1) is 0 Å². The van der Waals surface area contributed by atoms with E-state index in [9.17, 15) is 10.2 Å². The Balaban J connectivity index is 3.34. The van der Waals surface area contributed by atoms with Gasteiger partial charge in [0, 0.05) is 18.1 Å². The van der Waals surface area contributed by atoms with Crippen molar-refractivity contribution in [1.82, 2.24) is 4.90 Å². The molecule has 0 aliphatic rings. The van der Waals surface area contributed by atoms with Crippen LogP contribution in [-0.2, 0) is 0 Å². The van der Waals surface area contributed by atoms with Crippen LogP contribution >= 0.6 is 0 Å². The summed E-state index contributed by atoms with van der Waals surface area (Å²) in [4.78, 5) is 2.46. The van der Waals surface area contributed by atoms with E-state index in [1.807, 2.05) is 0 Å². The van der Waals surface area contributed by atoms with Crippen LogP contribution in [0.2, 0.25) is 0 Å². The van der Waals surface area contributed by atoms with Crippen molar-refractivity contribution in [3.05, 3.63) is 0 Å². The van der Waals surface area contributed by atoms with E-state index in [1.165, 1.54) is 244 Å². The minimum atomic E-state index is 0.176. The van der Waals surface area contributed by atoms with Crippen LogP contribution in [0.5, 0.6) is 0 Å². The molecule has 0 saturated carbocycles. The zero-order valence-corrected chi connectivity index (χ0v) is 37.5. The summed E-state index contributed by atoms with van der Waals surface area (Å²) >= 11 is 0. The summed E-state index contributed by atoms with van der Waals surface area (Å²) in [5.74, 6) is 0. The molecule has 0 bridgehead atoms. The van der Waals surface area contributed by atoms with Crippen molar-refractivity contribution in [2.75, 3.05) is 13.2 Å². The Morgan fingerprint density at radius 1 is 0.264 bits per heavy atom. The molecule has 3 atom stereocenters. The third kappa shape index (κ3) is 34.8. The second-order valence-electron chi connectivity index (χ2n) is 17.5. The molecule has 3 heteroatoms. The minimum absolute atomic E-state index is 0.176. The van der Waals surface area contributed by atoms with Gasteiger partial charge in [-0.25, -0.2) is 0 Å². The van der Waals surface area contributed by atoms with Crippen LogP contribution in [0.4, 0.5) is 0 Å². The molecule has 0 rings (SSSR count). The first-order valence-electron chi connectivity index (χ1n) is 25.2. The highest BCUT2D eigenvalue weighted by molar-refractivity contribution is 4.83. The maximum absolute atomic E-state index is 9.96. The summed E-state index contributed by atoms with van der Waals surface area (Å²) in [5, 5.41) is 19.9. The van der Waals surface area contributed by atoms with Crippen molar-refractivity contribution in [2.24, 2.45) is 0 Å². The smallest absolute Gasteiger partial charge is 0.0587 e. The molecule has 0 heterocycles. The van der Waals surface area contributed by atoms with Gasteiger partial charge >= 0.3 is 0 Å². The van der Waals surface area contributed by atoms with Gasteiger partial charge in [0.05, 0.1) is 13.2 Å². The molecule has 320 valence electrons. The molecule has 53 heavy (non-hydrogen) atoms. The van der Waals surface area contributed by atoms with E-state index < -0.39 is 0 Å². The fourth-order valence-corrected chi connectivity index (χ4v) is 8.97. The standard InChI is InChI=1S/C50H103NO2/c1-5-9-10-11-12-13-14-15-16-17-18-19-20-21-22-23-24-25-26-27-28-29-30-31-32-33-34-35-36-37-38-39-40-41-42-43-44-45-48(6-2)51(49(7-3)46-52)50(8-4)47-53/h48-50,52-53H,5-47H2,1-4H3. The lowest BCUT2D eigenvalue weighted by Gasteiger charge is -2.42. The molecular formula is C50H103NO2. The van der Waals surface area contributed by atoms with Crippen molar-refractivity contribution < 1.29 is 10.2 Å². The second kappa shape index (κ2) is 44.6. The number of hydrogen-bond donors (Lipinski definition) is 2. The van der Waals surface area contributed by atoms with Gasteiger partial charge in [-0.1, -0.05) is 265 Å². The maximum Gasteiger partial charge on any atom is 0.0587 e. The number of rotatable bonds is 46. The van der Waals surface area contributed by atoms with Gasteiger partial charge in [-0.3, -0.25) is 4.90 Å². The van der Waals surface area contributed by atoms with Crippen molar-refractivity contribution >= 4 is 0 Å². The van der Waals surface area contributed by atoms with E-state index in [2.05, 4.69) is 32.6 Å². The molecular weight excluding hydrogens is 647 g/mol. The molecule has 3 nitrogen and oxygen atoms in total. The first-order chi connectivity index (χ1) is 26.2. The zero-order valence-electron chi connectivity index (χ0n) is 37.5. The van der Waals surface area contributed by atoms with Crippen LogP contribution in [0.15, 0.2) is 0 Å². The molecule has 0 aromatic rings. The minimum Gasteiger partial charge on any atom is -0.395 e. The first kappa shape index (κ1) is 52.9. The van der Waals surface area contributed by atoms with Gasteiger partial charge in [-0.2, -0.15) is 0 Å². The van der Waals surface area contributed by atoms with Crippen molar-refractivity contribution in [3.63, 3.8) is 0 Å². The topological polar surface area (TPSA) is 43.7 Å². The van der Waals surface area contributed by atoms with Crippen LogP contribution < -0.4 is 0 Å². The Kier molecular flexibility index (Phi) is 44.5. The predicted octanol–water partition coefficient (Wildman–Crippen LogP) is 16.5. The normalized spacial score (nSPS) is 13.6. The fourth-order valence-electron chi connectivity index (χ4n) is 8.97. The molecule has 3 unspecified atom stereocenters. The van der Waals surface area contributed by atoms with Gasteiger partial charge in [-0.15, -0.1) is 0 Å². The average Bonchev–Trinajstić information content (AvgIpc) is 3.18. The molecule has 0 aromatic carbocycles. The average molecular weight is 750 g/mol. The molecule has 0 radical (unpaired) electrons. The lowest BCUT2D eigenvalue weighted by molar-refractivity contribution is 0.00844. The Morgan fingerprint density at radius 3 is 0.623 bits per heavy atom. The van der Waals surface area contributed by atoms with E-state index >= 15 is 0 Å². The Bertz CT molecular complexity index is 635. The Labute approximate surface area is 336 Å². The number of hydrogen-bond acceptors (Lipinski definition) is 3. The van der Waals surface area contributed by atoms with Gasteiger partial charge in [0.25, 0.3) is 0 Å². The maximum atomic E-state index is 9.96. The van der Waals surface area contributed by atoms with E-state index in [0.717, 1.165) is 19.3 Å². The van der Waals surface area contributed by atoms with E-state index in [-0.39, 0.29) is 25.3 Å². The number of nitrogens with zero attached hydrogens (tertiary/aromatic N) is 1. The molecule has 0 aliphatic heterocycles. The third-order valence-corrected chi connectivity index (χ3v) is 12.7. The SMILES string of the molecule is CCCCCCCCCCCCCCCCCCCCCCCCCCCCCCCCCCCCCCCC(CC)N(C(CC)CO)C(CC)CO. The van der Waals surface area contributed by atoms with Crippen LogP contribution in [0.3, 0.4) is 0 Å². The first-order valence-corrected chi connectivity index (χ1v) is 25.2. The van der Waals surface area contributed by atoms with Crippen LogP contribution in [-0.4, -0.2) is 46.5 Å². The Hall–Kier alpha value is -0.120. The Morgan fingerprint density at radius 2 is 0.453 bits per heavy atom. The second-order valence-corrected chi connectivity index (χ2v) is 17.5. The van der Waals surface area contributed by atoms with Crippen molar-refractivity contribution in [1.29, 1.82) is 0 Å². The van der Waals surface area contributed by atoms with E-state index in [0.29, 0.717) is 6.04 Å². The summed E-state index contributed by atoms with van der Waals surface area (Å²) in [6.45, 7) is 9.30. The molecule has 0 amide bonds. The summed E-state index contributed by atoms with van der Waals surface area (Å²) in [6.07, 6.45) is 58.0. The van der Waals surface area contributed by atoms with Crippen molar-refractivity contribution in [2.45, 2.75) is 309 Å². The molecule has 0 saturated heterocycles. The summed E-state index contributed by atoms with van der Waals surface area (Å²) < 4.78 is 0. The van der Waals surface area contributed by atoms with Gasteiger partial charge < -0.3 is 10.2 Å². The monoisotopic (exact) mass is 750 g/mol. The highest BCUT2D eigenvalue weighted by Gasteiger charge is 2.29. The zero-order chi connectivity index (χ0) is 38.7. The quantitative estimate of drug-likeness (QED) is 0.0609. The van der Waals surface area contributed by atoms with Gasteiger partial charge in [0.2, 0.25) is 0 Å². The summed E-state index contributed by atoms with van der Waals surface area (Å²) in [5.41, 5.74) is 0. The molecule has 0 aromatic heterocycles. The highest BCUT2D eigenvalue weighted by atomic mass is 16.3. The number of aliphatic hydroxyl groups is 2. The highest BCUT2D eigenvalue weighted by Crippen LogP contribution is 2.23. The summed E-state index contributed by atoms with van der Waals surface area (Å²) in [6, 6.07) is 0.831. The molecule has 2 N–H and O–H groups in total. The summed E-state index contributed by atoms with van der Waals surface area (Å²) in [7, 11) is 0. The molecule has 0 fully saturated rings. The fraction of sp³-hybridized carbons (Fsp3) is 1.00. The van der Waals surface area contributed by atoms with Gasteiger partial charge in [0.15, 0.2) is 0 Å². The van der Waals surface area contributed by atoms with Crippen molar-refractivity contribution in [3.8, 4) is 0 Å². The number of unbranched alkanes of at least 4 members (excludes halogenated alkanes) is 36. The molecule has 0 spiro atoms. The lowest BCUT2D eigenvalue weighted by Crippen LogP contribution is -2.52. The predicted molar refractivity (Wildman–Crippen MR) is 239 cm³/mol.